The summed E-state index contributed by atoms with van der Waals surface area (Å²) < 4.78 is 36.6. The molecule has 6 rings (SSSR count). The summed E-state index contributed by atoms with van der Waals surface area (Å²) in [7, 11) is 1.42. The van der Waals surface area contributed by atoms with Gasteiger partial charge in [-0.3, -0.25) is 24.0 Å². The van der Waals surface area contributed by atoms with E-state index in [-0.39, 0.29) is 47.1 Å². The Bertz CT molecular complexity index is 1630. The molecule has 0 bridgehead atoms. The second-order valence-electron chi connectivity index (χ2n) is 10.9. The minimum Gasteiger partial charge on any atom is -0.495 e. The number of benzene rings is 2. The molecule has 1 N–H and O–H groups in total. The molecule has 2 atom stereocenters. The molecule has 0 unspecified atom stereocenters. The van der Waals surface area contributed by atoms with Crippen LogP contribution in [0.1, 0.15) is 64.2 Å². The highest BCUT2D eigenvalue weighted by molar-refractivity contribution is 6.13. The lowest BCUT2D eigenvalue weighted by Gasteiger charge is -2.38. The molecule has 2 aromatic carbocycles. The van der Waals surface area contributed by atoms with E-state index in [1.54, 1.807) is 4.90 Å². The van der Waals surface area contributed by atoms with E-state index in [0.29, 0.717) is 24.3 Å². The van der Waals surface area contributed by atoms with Crippen molar-refractivity contribution in [1.82, 2.24) is 14.7 Å². The molecule has 10 nitrogen and oxygen atoms in total. The Labute approximate surface area is 240 Å². The van der Waals surface area contributed by atoms with Crippen LogP contribution in [0.25, 0.3) is 0 Å². The topological polar surface area (TPSA) is 121 Å². The quantitative estimate of drug-likeness (QED) is 0.468. The van der Waals surface area contributed by atoms with Gasteiger partial charge in [0.15, 0.2) is 5.69 Å². The van der Waals surface area contributed by atoms with Gasteiger partial charge in [-0.15, -0.1) is 0 Å². The van der Waals surface area contributed by atoms with Gasteiger partial charge in [-0.25, -0.2) is 8.78 Å². The van der Waals surface area contributed by atoms with Gasteiger partial charge in [-0.1, -0.05) is 18.6 Å². The lowest BCUT2D eigenvalue weighted by molar-refractivity contribution is -0.127. The first-order valence-corrected chi connectivity index (χ1v) is 13.7. The van der Waals surface area contributed by atoms with E-state index in [1.807, 2.05) is 6.07 Å². The van der Waals surface area contributed by atoms with Crippen molar-refractivity contribution in [2.75, 3.05) is 30.4 Å². The van der Waals surface area contributed by atoms with E-state index in [4.69, 9.17) is 4.74 Å². The number of nitriles is 1. The summed E-state index contributed by atoms with van der Waals surface area (Å²) in [5, 5.41) is 16.5. The predicted octanol–water partition coefficient (Wildman–Crippen LogP) is 4.34. The van der Waals surface area contributed by atoms with Gasteiger partial charge in [-0.2, -0.15) is 10.4 Å². The molecule has 0 spiro atoms. The number of ether oxygens (including phenoxy) is 1. The Morgan fingerprint density at radius 1 is 1.12 bits per heavy atom. The van der Waals surface area contributed by atoms with Crippen molar-refractivity contribution in [3.05, 3.63) is 71.0 Å². The number of nitrogens with zero attached hydrogens (tertiary/aromatic N) is 5. The lowest BCUT2D eigenvalue weighted by Crippen LogP contribution is -2.51. The lowest BCUT2D eigenvalue weighted by atomic mass is 9.78. The van der Waals surface area contributed by atoms with Gasteiger partial charge in [0.2, 0.25) is 5.91 Å². The van der Waals surface area contributed by atoms with E-state index in [9.17, 15) is 28.4 Å². The zero-order valence-corrected chi connectivity index (χ0v) is 23.0. The second-order valence-corrected chi connectivity index (χ2v) is 10.9. The van der Waals surface area contributed by atoms with Gasteiger partial charge in [0.1, 0.15) is 11.8 Å². The number of fused-ring (bicyclic) bond motifs is 3. The Morgan fingerprint density at radius 2 is 1.83 bits per heavy atom. The molecule has 0 radical (unpaired) electrons. The number of aromatic nitrogens is 2. The van der Waals surface area contributed by atoms with Crippen molar-refractivity contribution in [3.63, 3.8) is 0 Å². The molecule has 2 fully saturated rings. The average Bonchev–Trinajstić information content (AvgIpc) is 3.57. The molecule has 3 heterocycles. The van der Waals surface area contributed by atoms with Crippen LogP contribution in [0.2, 0.25) is 0 Å². The van der Waals surface area contributed by atoms with Gasteiger partial charge in [0, 0.05) is 42.7 Å². The van der Waals surface area contributed by atoms with Gasteiger partial charge < -0.3 is 15.0 Å². The Kier molecular flexibility index (Phi) is 6.68. The highest BCUT2D eigenvalue weighted by Gasteiger charge is 2.49. The summed E-state index contributed by atoms with van der Waals surface area (Å²) in [6.07, 6.45) is 3.13. The van der Waals surface area contributed by atoms with Crippen molar-refractivity contribution in [2.45, 2.75) is 44.2 Å². The van der Waals surface area contributed by atoms with Crippen LogP contribution in [0, 0.1) is 17.2 Å². The SMILES string of the molecule is COc1ccc(C(=O)Nc2cnn3c2C(=O)N(c2ccc(C(F)(F)C4CCC4)cc2)[C@H]2CN(C(C)=O)C[C@@H]23)cc1C#N. The molecule has 1 aromatic heterocycles. The van der Waals surface area contributed by atoms with Crippen molar-refractivity contribution < 1.29 is 27.9 Å². The van der Waals surface area contributed by atoms with Crippen LogP contribution < -0.4 is 15.0 Å². The minimum atomic E-state index is -2.95. The van der Waals surface area contributed by atoms with E-state index >= 15 is 0 Å². The minimum absolute atomic E-state index is 0.0945. The number of methoxy groups -OCH3 is 1. The molecule has 1 aliphatic carbocycles. The first-order valence-electron chi connectivity index (χ1n) is 13.7. The normalized spacial score (nSPS) is 19.9. The maximum atomic E-state index is 15.0. The second kappa shape index (κ2) is 10.2. The zero-order valence-electron chi connectivity index (χ0n) is 23.0. The van der Waals surface area contributed by atoms with E-state index in [0.717, 1.165) is 6.42 Å². The van der Waals surface area contributed by atoms with Crippen molar-refractivity contribution in [1.29, 1.82) is 5.26 Å². The number of hydrogen-bond acceptors (Lipinski definition) is 6. The van der Waals surface area contributed by atoms with E-state index in [2.05, 4.69) is 10.4 Å². The molecule has 1 saturated heterocycles. The Morgan fingerprint density at radius 3 is 2.45 bits per heavy atom. The third-order valence-corrected chi connectivity index (χ3v) is 8.55. The van der Waals surface area contributed by atoms with Gasteiger partial charge >= 0.3 is 0 Å². The third-order valence-electron chi connectivity index (χ3n) is 8.55. The number of carbonyl (C=O) groups excluding carboxylic acids is 3. The number of nitrogens with one attached hydrogen (secondary N) is 1. The molecule has 1 saturated carbocycles. The number of amides is 3. The number of halogens is 2. The number of anilines is 2. The molecular formula is C30H28F2N6O4. The van der Waals surface area contributed by atoms with Crippen molar-refractivity contribution in [3.8, 4) is 11.8 Å². The number of likely N-dealkylation sites (tertiary alicyclic amines) is 1. The zero-order chi connectivity index (χ0) is 29.8. The number of hydrogen-bond donors (Lipinski definition) is 1. The van der Waals surface area contributed by atoms with Crippen LogP contribution in [-0.2, 0) is 10.7 Å². The molecule has 42 heavy (non-hydrogen) atoms. The highest BCUT2D eigenvalue weighted by atomic mass is 19.3. The first-order chi connectivity index (χ1) is 20.1. The van der Waals surface area contributed by atoms with E-state index < -0.39 is 35.7 Å². The molecule has 3 amide bonds. The van der Waals surface area contributed by atoms with Crippen molar-refractivity contribution in [2.24, 2.45) is 5.92 Å². The molecule has 3 aliphatic rings. The summed E-state index contributed by atoms with van der Waals surface area (Å²) in [5.74, 6) is -4.53. The molecule has 3 aromatic rings. The van der Waals surface area contributed by atoms with E-state index in [1.165, 1.54) is 72.3 Å². The number of rotatable bonds is 6. The van der Waals surface area contributed by atoms with Gasteiger partial charge in [0.05, 0.1) is 36.6 Å². The standard InChI is InChI=1S/C30H28F2N6O4/c1-17(39)36-15-24-25(16-36)38-27(23(14-34-38)35-28(40)18-6-11-26(42-2)19(12-18)13-33)29(41)37(24)22-9-7-21(8-10-22)30(31,32)20-4-3-5-20/h6-12,14,20,24-25H,3-5,15-16H2,1-2H3,(H,35,40)/t24-,25-/m0/s1. The smallest absolute Gasteiger partial charge is 0.279 e. The van der Waals surface area contributed by atoms with Gasteiger partial charge in [-0.05, 0) is 43.2 Å². The fourth-order valence-electron chi connectivity index (χ4n) is 5.99. The highest BCUT2D eigenvalue weighted by Crippen LogP contribution is 2.47. The van der Waals surface area contributed by atoms with Crippen LogP contribution in [0.5, 0.6) is 5.75 Å². The molecule has 216 valence electrons. The van der Waals surface area contributed by atoms with Crippen LogP contribution in [0.4, 0.5) is 20.2 Å². The summed E-state index contributed by atoms with van der Waals surface area (Å²) in [4.78, 5) is 42.7. The molecule has 12 heteroatoms. The summed E-state index contributed by atoms with van der Waals surface area (Å²) in [6, 6.07) is 11.2. The summed E-state index contributed by atoms with van der Waals surface area (Å²) in [5.41, 5.74) is 0.922. The Balaban J connectivity index is 1.34. The number of alkyl halides is 2. The van der Waals surface area contributed by atoms with Crippen LogP contribution in [0.3, 0.4) is 0 Å². The van der Waals surface area contributed by atoms with Crippen LogP contribution >= 0.6 is 0 Å². The fourth-order valence-corrected chi connectivity index (χ4v) is 5.99. The largest absolute Gasteiger partial charge is 0.495 e. The van der Waals surface area contributed by atoms with Crippen LogP contribution in [-0.4, -0.2) is 58.6 Å². The number of carbonyl (C=O) groups is 3. The maximum Gasteiger partial charge on any atom is 0.279 e. The summed E-state index contributed by atoms with van der Waals surface area (Å²) >= 11 is 0. The van der Waals surface area contributed by atoms with Crippen LogP contribution in [0.15, 0.2) is 48.7 Å². The average molecular weight is 575 g/mol. The third kappa shape index (κ3) is 4.36. The molecular weight excluding hydrogens is 546 g/mol. The Hall–Kier alpha value is -4.79. The van der Waals surface area contributed by atoms with Crippen molar-refractivity contribution >= 4 is 29.1 Å². The monoisotopic (exact) mass is 574 g/mol. The van der Waals surface area contributed by atoms with Gasteiger partial charge in [0.25, 0.3) is 17.7 Å². The first kappa shape index (κ1) is 27.4. The predicted molar refractivity (Wildman–Crippen MR) is 147 cm³/mol. The molecule has 2 aliphatic heterocycles. The fraction of sp³-hybridized carbons (Fsp3) is 0.367. The maximum absolute atomic E-state index is 15.0. The summed E-state index contributed by atoms with van der Waals surface area (Å²) in [6.45, 7) is 1.98.